The minimum atomic E-state index is 0.148. The van der Waals surface area contributed by atoms with E-state index in [0.29, 0.717) is 13.0 Å². The van der Waals surface area contributed by atoms with Crippen molar-refractivity contribution >= 4 is 17.5 Å². The summed E-state index contributed by atoms with van der Waals surface area (Å²) in [4.78, 5) is 26.6. The molecular weight excluding hydrogens is 336 g/mol. The molecule has 3 rings (SSSR count). The van der Waals surface area contributed by atoms with Gasteiger partial charge in [-0.3, -0.25) is 9.59 Å². The Morgan fingerprint density at radius 2 is 2.00 bits per heavy atom. The van der Waals surface area contributed by atoms with E-state index in [9.17, 15) is 9.59 Å². The van der Waals surface area contributed by atoms with Gasteiger partial charge in [-0.2, -0.15) is 0 Å². The molecular formula is C23H34N2O2. The van der Waals surface area contributed by atoms with E-state index in [1.807, 2.05) is 29.2 Å². The maximum Gasteiger partial charge on any atom is 0.227 e. The molecule has 148 valence electrons. The Kier molecular flexibility index (Phi) is 7.31. The number of nitrogens with one attached hydrogen (secondary N) is 1. The maximum atomic E-state index is 12.7. The summed E-state index contributed by atoms with van der Waals surface area (Å²) in [6.45, 7) is 3.73. The molecule has 1 aliphatic carbocycles. The summed E-state index contributed by atoms with van der Waals surface area (Å²) >= 11 is 0. The van der Waals surface area contributed by atoms with Gasteiger partial charge >= 0.3 is 0 Å². The Balaban J connectivity index is 1.50. The molecule has 2 fully saturated rings. The molecule has 1 N–H and O–H groups in total. The zero-order valence-electron chi connectivity index (χ0n) is 16.7. The van der Waals surface area contributed by atoms with Gasteiger partial charge < -0.3 is 10.2 Å². The highest BCUT2D eigenvalue weighted by atomic mass is 16.2. The highest BCUT2D eigenvalue weighted by Crippen LogP contribution is 2.32. The van der Waals surface area contributed by atoms with Crippen molar-refractivity contribution in [1.29, 1.82) is 0 Å². The second-order valence-corrected chi connectivity index (χ2v) is 8.32. The topological polar surface area (TPSA) is 49.4 Å². The molecule has 0 spiro atoms. The van der Waals surface area contributed by atoms with Gasteiger partial charge in [0.2, 0.25) is 11.8 Å². The average molecular weight is 371 g/mol. The molecule has 0 radical (unpaired) electrons. The number of piperidine rings is 1. The Hall–Kier alpha value is -1.84. The van der Waals surface area contributed by atoms with Gasteiger partial charge in [0.05, 0.1) is 0 Å². The van der Waals surface area contributed by atoms with Crippen LogP contribution in [-0.4, -0.2) is 23.3 Å². The first-order valence-corrected chi connectivity index (χ1v) is 10.8. The Morgan fingerprint density at radius 1 is 1.19 bits per heavy atom. The standard InChI is InChI=1S/C23H34N2O2/c1-2-3-7-18-11-13-20(14-12-18)23(27)24-21-9-6-8-19(16-21)17-25-15-5-4-10-22(25)26/h6,8-9,16,18,20H,2-5,7,10-15,17H2,1H3,(H,24,27). The van der Waals surface area contributed by atoms with Crippen molar-refractivity contribution < 1.29 is 9.59 Å². The normalized spacial score (nSPS) is 23.3. The van der Waals surface area contributed by atoms with Crippen LogP contribution in [0.3, 0.4) is 0 Å². The third-order valence-electron chi connectivity index (χ3n) is 6.17. The van der Waals surface area contributed by atoms with Gasteiger partial charge in [-0.25, -0.2) is 0 Å². The molecule has 1 aromatic carbocycles. The van der Waals surface area contributed by atoms with E-state index >= 15 is 0 Å². The lowest BCUT2D eigenvalue weighted by atomic mass is 9.79. The van der Waals surface area contributed by atoms with Gasteiger partial charge in [-0.1, -0.05) is 38.3 Å². The SMILES string of the molecule is CCCCC1CCC(C(=O)Nc2cccc(CN3CCCCC3=O)c2)CC1. The fraction of sp³-hybridized carbons (Fsp3) is 0.652. The van der Waals surface area contributed by atoms with Crippen LogP contribution >= 0.6 is 0 Å². The molecule has 1 aliphatic heterocycles. The Labute approximate surface area is 163 Å². The van der Waals surface area contributed by atoms with Gasteiger partial charge in [0.1, 0.15) is 0 Å². The number of anilines is 1. The second-order valence-electron chi connectivity index (χ2n) is 8.32. The van der Waals surface area contributed by atoms with Crippen LogP contribution in [0.1, 0.15) is 76.7 Å². The number of benzene rings is 1. The monoisotopic (exact) mass is 370 g/mol. The number of rotatable bonds is 7. The first-order valence-electron chi connectivity index (χ1n) is 10.8. The molecule has 27 heavy (non-hydrogen) atoms. The van der Waals surface area contributed by atoms with Crippen molar-refractivity contribution in [3.8, 4) is 0 Å². The highest BCUT2D eigenvalue weighted by molar-refractivity contribution is 5.92. The minimum absolute atomic E-state index is 0.148. The smallest absolute Gasteiger partial charge is 0.227 e. The first-order chi connectivity index (χ1) is 13.2. The summed E-state index contributed by atoms with van der Waals surface area (Å²) < 4.78 is 0. The number of hydrogen-bond acceptors (Lipinski definition) is 2. The van der Waals surface area contributed by atoms with E-state index < -0.39 is 0 Å². The number of nitrogens with zero attached hydrogens (tertiary/aromatic N) is 1. The predicted molar refractivity (Wildman–Crippen MR) is 109 cm³/mol. The van der Waals surface area contributed by atoms with Crippen molar-refractivity contribution in [1.82, 2.24) is 4.90 Å². The maximum absolute atomic E-state index is 12.7. The third-order valence-corrected chi connectivity index (χ3v) is 6.17. The van der Waals surface area contributed by atoms with Crippen LogP contribution in [0, 0.1) is 11.8 Å². The van der Waals surface area contributed by atoms with Crippen LogP contribution in [0.5, 0.6) is 0 Å². The zero-order chi connectivity index (χ0) is 19.1. The molecule has 2 amide bonds. The van der Waals surface area contributed by atoms with Crippen LogP contribution < -0.4 is 5.32 Å². The lowest BCUT2D eigenvalue weighted by Gasteiger charge is -2.28. The van der Waals surface area contributed by atoms with Gasteiger partial charge in [-0.05, 0) is 62.1 Å². The quantitative estimate of drug-likeness (QED) is 0.723. The molecule has 2 aliphatic rings. The van der Waals surface area contributed by atoms with Crippen LogP contribution in [0.25, 0.3) is 0 Å². The van der Waals surface area contributed by atoms with Crippen molar-refractivity contribution in [3.05, 3.63) is 29.8 Å². The Bertz CT molecular complexity index is 635. The molecule has 0 aromatic heterocycles. The fourth-order valence-electron chi connectivity index (χ4n) is 4.45. The van der Waals surface area contributed by atoms with E-state index in [2.05, 4.69) is 12.2 Å². The number of hydrogen-bond donors (Lipinski definition) is 1. The van der Waals surface area contributed by atoms with Crippen molar-refractivity contribution in [2.45, 2.75) is 77.7 Å². The van der Waals surface area contributed by atoms with Crippen LogP contribution in [0.4, 0.5) is 5.69 Å². The lowest BCUT2D eigenvalue weighted by Crippen LogP contribution is -2.34. The number of unbranched alkanes of at least 4 members (excludes halogenated alkanes) is 1. The van der Waals surface area contributed by atoms with Crippen LogP contribution in [0.2, 0.25) is 0 Å². The van der Waals surface area contributed by atoms with Crippen LogP contribution in [0.15, 0.2) is 24.3 Å². The van der Waals surface area contributed by atoms with Gasteiger partial charge in [0.15, 0.2) is 0 Å². The first kappa shape index (κ1) is 19.9. The number of carbonyl (C=O) groups is 2. The van der Waals surface area contributed by atoms with Crippen molar-refractivity contribution in [2.75, 3.05) is 11.9 Å². The predicted octanol–water partition coefficient (Wildman–Crippen LogP) is 5.13. The number of likely N-dealkylation sites (tertiary alicyclic amines) is 1. The molecule has 1 heterocycles. The fourth-order valence-corrected chi connectivity index (χ4v) is 4.45. The molecule has 4 heteroatoms. The van der Waals surface area contributed by atoms with E-state index in [1.165, 1.54) is 32.1 Å². The van der Waals surface area contributed by atoms with Crippen LogP contribution in [-0.2, 0) is 16.1 Å². The summed E-state index contributed by atoms with van der Waals surface area (Å²) in [7, 11) is 0. The Morgan fingerprint density at radius 3 is 2.74 bits per heavy atom. The summed E-state index contributed by atoms with van der Waals surface area (Å²) in [6, 6.07) is 7.98. The summed E-state index contributed by atoms with van der Waals surface area (Å²) in [5.41, 5.74) is 1.95. The lowest BCUT2D eigenvalue weighted by molar-refractivity contribution is -0.133. The molecule has 1 aromatic rings. The summed E-state index contributed by atoms with van der Waals surface area (Å²) in [5.74, 6) is 1.38. The van der Waals surface area contributed by atoms with Crippen molar-refractivity contribution in [3.63, 3.8) is 0 Å². The summed E-state index contributed by atoms with van der Waals surface area (Å²) in [5, 5.41) is 3.12. The molecule has 0 atom stereocenters. The van der Waals surface area contributed by atoms with E-state index in [1.54, 1.807) is 0 Å². The largest absolute Gasteiger partial charge is 0.338 e. The number of amides is 2. The van der Waals surface area contributed by atoms with E-state index in [-0.39, 0.29) is 17.7 Å². The van der Waals surface area contributed by atoms with Gasteiger partial charge in [0.25, 0.3) is 0 Å². The molecule has 1 saturated carbocycles. The zero-order valence-corrected chi connectivity index (χ0v) is 16.7. The summed E-state index contributed by atoms with van der Waals surface area (Å²) in [6.07, 6.45) is 11.1. The van der Waals surface area contributed by atoms with E-state index in [4.69, 9.17) is 0 Å². The average Bonchev–Trinajstić information content (AvgIpc) is 2.69. The van der Waals surface area contributed by atoms with Gasteiger partial charge in [-0.15, -0.1) is 0 Å². The highest BCUT2D eigenvalue weighted by Gasteiger charge is 2.26. The number of carbonyl (C=O) groups excluding carboxylic acids is 2. The van der Waals surface area contributed by atoms with E-state index in [0.717, 1.165) is 49.4 Å². The molecule has 0 bridgehead atoms. The van der Waals surface area contributed by atoms with Gasteiger partial charge in [0, 0.05) is 31.1 Å². The minimum Gasteiger partial charge on any atom is -0.338 e. The van der Waals surface area contributed by atoms with Crippen molar-refractivity contribution in [2.24, 2.45) is 11.8 Å². The second kappa shape index (κ2) is 9.91. The molecule has 0 unspecified atom stereocenters. The third kappa shape index (κ3) is 5.82. The molecule has 4 nitrogen and oxygen atoms in total. The molecule has 1 saturated heterocycles.